The lowest BCUT2D eigenvalue weighted by atomic mass is 9.85. The zero-order chi connectivity index (χ0) is 26.8. The van der Waals surface area contributed by atoms with E-state index in [2.05, 4.69) is 25.3 Å². The summed E-state index contributed by atoms with van der Waals surface area (Å²) in [4.78, 5) is 38.1. The quantitative estimate of drug-likeness (QED) is 0.451. The number of carbonyl (C=O) groups excluding carboxylic acids is 1. The molecule has 1 amide bonds. The van der Waals surface area contributed by atoms with E-state index in [-0.39, 0.29) is 17.9 Å². The lowest BCUT2D eigenvalue weighted by Crippen LogP contribution is -2.47. The highest BCUT2D eigenvalue weighted by Gasteiger charge is 2.38. The predicted molar refractivity (Wildman–Crippen MR) is 125 cm³/mol. The Morgan fingerprint density at radius 2 is 1.94 bits per heavy atom. The second-order valence-corrected chi connectivity index (χ2v) is 8.54. The number of aromatic nitrogens is 4. The number of carboxylic acids is 1. The summed E-state index contributed by atoms with van der Waals surface area (Å²) in [6.07, 6.45) is -2.00. The van der Waals surface area contributed by atoms with Gasteiger partial charge in [-0.15, -0.1) is 0 Å². The molecule has 1 unspecified atom stereocenters. The number of benzene rings is 1. The lowest BCUT2D eigenvalue weighted by molar-refractivity contribution is -0.192. The van der Waals surface area contributed by atoms with Gasteiger partial charge in [-0.1, -0.05) is 11.6 Å². The monoisotopic (exact) mass is 528 g/mol. The van der Waals surface area contributed by atoms with E-state index in [4.69, 9.17) is 26.2 Å². The van der Waals surface area contributed by atoms with Gasteiger partial charge in [0.05, 0.1) is 19.5 Å². The first-order chi connectivity index (χ1) is 16.8. The van der Waals surface area contributed by atoms with Gasteiger partial charge in [-0.2, -0.15) is 13.2 Å². The van der Waals surface area contributed by atoms with Crippen LogP contribution in [0.1, 0.15) is 42.5 Å². The summed E-state index contributed by atoms with van der Waals surface area (Å²) in [5.41, 5.74) is 4.33. The second-order valence-electron chi connectivity index (χ2n) is 8.13. The van der Waals surface area contributed by atoms with Crippen LogP contribution in [0.5, 0.6) is 5.75 Å². The molecule has 0 spiro atoms. The number of aromatic amines is 1. The first-order valence-electron chi connectivity index (χ1n) is 10.7. The van der Waals surface area contributed by atoms with Crippen LogP contribution in [0.4, 0.5) is 19.0 Å². The first kappa shape index (κ1) is 27.0. The van der Waals surface area contributed by atoms with Gasteiger partial charge in [0.2, 0.25) is 5.91 Å². The van der Waals surface area contributed by atoms with Crippen LogP contribution in [0.2, 0.25) is 5.02 Å². The minimum Gasteiger partial charge on any atom is -0.496 e. The van der Waals surface area contributed by atoms with Crippen molar-refractivity contribution in [2.24, 2.45) is 0 Å². The Balaban J connectivity index is 0.000000454. The van der Waals surface area contributed by atoms with Crippen molar-refractivity contribution in [3.05, 3.63) is 40.4 Å². The van der Waals surface area contributed by atoms with Gasteiger partial charge >= 0.3 is 12.1 Å². The number of hydrogen-bond acceptors (Lipinski definition) is 7. The van der Waals surface area contributed by atoms with E-state index in [1.165, 1.54) is 6.33 Å². The van der Waals surface area contributed by atoms with E-state index < -0.39 is 12.1 Å². The number of H-pyrrole nitrogens is 1. The van der Waals surface area contributed by atoms with Gasteiger partial charge in [0.1, 0.15) is 17.6 Å². The van der Waals surface area contributed by atoms with Crippen LogP contribution in [0.3, 0.4) is 0 Å². The van der Waals surface area contributed by atoms with Crippen LogP contribution in [0.25, 0.3) is 11.2 Å². The molecule has 3 heterocycles. The fourth-order valence-electron chi connectivity index (χ4n) is 3.88. The van der Waals surface area contributed by atoms with Crippen molar-refractivity contribution in [1.82, 2.24) is 24.8 Å². The summed E-state index contributed by atoms with van der Waals surface area (Å²) in [5.74, 6) is -1.03. The topological polar surface area (TPSA) is 133 Å². The van der Waals surface area contributed by atoms with E-state index in [1.807, 2.05) is 24.8 Å². The Labute approximate surface area is 208 Å². The maximum absolute atomic E-state index is 11.6. The minimum atomic E-state index is -5.08. The molecule has 1 aliphatic heterocycles. The van der Waals surface area contributed by atoms with E-state index in [9.17, 15) is 18.0 Å². The highest BCUT2D eigenvalue weighted by molar-refractivity contribution is 6.31. The Morgan fingerprint density at radius 3 is 2.50 bits per heavy atom. The fraction of sp³-hybridized carbons (Fsp3) is 0.409. The fourth-order valence-corrected chi connectivity index (χ4v) is 4.10. The highest BCUT2D eigenvalue weighted by Crippen LogP contribution is 2.43. The Bertz CT molecular complexity index is 1280. The van der Waals surface area contributed by atoms with Crippen LogP contribution in [0, 0.1) is 6.92 Å². The molecule has 1 aromatic carbocycles. The number of fused-ring (bicyclic) bond motifs is 1. The van der Waals surface area contributed by atoms with Crippen LogP contribution in [-0.4, -0.2) is 68.2 Å². The number of amides is 1. The van der Waals surface area contributed by atoms with Crippen molar-refractivity contribution in [3.8, 4) is 5.75 Å². The van der Waals surface area contributed by atoms with Crippen LogP contribution < -0.4 is 10.1 Å². The first-order valence-corrected chi connectivity index (χ1v) is 11.1. The van der Waals surface area contributed by atoms with E-state index >= 15 is 0 Å². The van der Waals surface area contributed by atoms with Crippen LogP contribution in [-0.2, 0) is 9.59 Å². The zero-order valence-electron chi connectivity index (χ0n) is 19.8. The Kier molecular flexibility index (Phi) is 7.92. The number of alkyl halides is 3. The molecule has 1 saturated heterocycles. The number of ether oxygens (including phenoxy) is 1. The largest absolute Gasteiger partial charge is 0.496 e. The standard InChI is InChI=1S/C20H23ClN6O2.C2HF3O2/c1-10-15(21)5-14(18(29-4)16(10)13-6-27(7-13)12(3)28)11(2)26-20-17-19(23-8-22-17)24-9-25-20;3-2(4,5)1(6)7/h5,8-9,11,13H,6-7H2,1-4H3,(H2,22,23,24,25,26);(H,6,7). The summed E-state index contributed by atoms with van der Waals surface area (Å²) in [6, 6.07) is 1.79. The number of nitrogens with one attached hydrogen (secondary N) is 2. The number of anilines is 1. The molecule has 0 saturated carbocycles. The summed E-state index contributed by atoms with van der Waals surface area (Å²) >= 11 is 6.59. The van der Waals surface area contributed by atoms with E-state index in [0.717, 1.165) is 22.4 Å². The van der Waals surface area contributed by atoms with Crippen molar-refractivity contribution in [3.63, 3.8) is 0 Å². The van der Waals surface area contributed by atoms with Crippen molar-refractivity contribution in [2.45, 2.75) is 38.9 Å². The third-order valence-electron chi connectivity index (χ3n) is 5.77. The molecule has 194 valence electrons. The molecule has 3 aromatic rings. The number of imidazole rings is 1. The number of carbonyl (C=O) groups is 2. The van der Waals surface area contributed by atoms with Gasteiger partial charge < -0.3 is 25.0 Å². The summed E-state index contributed by atoms with van der Waals surface area (Å²) in [7, 11) is 1.67. The molecular weight excluding hydrogens is 505 g/mol. The lowest BCUT2D eigenvalue weighted by Gasteiger charge is -2.40. The summed E-state index contributed by atoms with van der Waals surface area (Å²) in [6.45, 7) is 6.96. The third kappa shape index (κ3) is 5.61. The van der Waals surface area contributed by atoms with Crippen molar-refractivity contribution in [2.75, 3.05) is 25.5 Å². The Hall–Kier alpha value is -3.61. The normalized spacial score (nSPS) is 14.5. The Morgan fingerprint density at radius 1 is 1.31 bits per heavy atom. The second kappa shape index (κ2) is 10.6. The number of nitrogens with zero attached hydrogens (tertiary/aromatic N) is 4. The number of halogens is 4. The minimum absolute atomic E-state index is 0.0851. The van der Waals surface area contributed by atoms with Crippen LogP contribution >= 0.6 is 11.6 Å². The molecule has 4 rings (SSSR count). The average Bonchev–Trinajstić information content (AvgIpc) is 3.25. The average molecular weight is 529 g/mol. The summed E-state index contributed by atoms with van der Waals surface area (Å²) < 4.78 is 37.6. The van der Waals surface area contributed by atoms with Crippen molar-refractivity contribution >= 4 is 40.5 Å². The molecule has 1 atom stereocenters. The highest BCUT2D eigenvalue weighted by atomic mass is 35.5. The third-order valence-corrected chi connectivity index (χ3v) is 6.16. The molecule has 14 heteroatoms. The molecule has 10 nitrogen and oxygen atoms in total. The molecule has 2 aromatic heterocycles. The molecule has 36 heavy (non-hydrogen) atoms. The number of hydrogen-bond donors (Lipinski definition) is 3. The van der Waals surface area contributed by atoms with Gasteiger partial charge in [0, 0.05) is 42.1 Å². The SMILES string of the molecule is COc1c(C(C)Nc2ncnc3[nH]cnc23)cc(Cl)c(C)c1C1CN(C(C)=O)C1.O=C(O)C(F)(F)F. The van der Waals surface area contributed by atoms with Gasteiger partial charge in [0.15, 0.2) is 11.5 Å². The number of likely N-dealkylation sites (tertiary alicyclic amines) is 1. The van der Waals surface area contributed by atoms with Gasteiger partial charge in [-0.05, 0) is 25.5 Å². The molecular formula is C22H24ClF3N6O4. The molecule has 0 bridgehead atoms. The van der Waals surface area contributed by atoms with Crippen molar-refractivity contribution in [1.29, 1.82) is 0 Å². The van der Waals surface area contributed by atoms with Crippen LogP contribution in [0.15, 0.2) is 18.7 Å². The number of methoxy groups -OCH3 is 1. The molecule has 1 fully saturated rings. The molecule has 0 radical (unpaired) electrons. The number of rotatable bonds is 5. The molecule has 0 aliphatic carbocycles. The molecule has 3 N–H and O–H groups in total. The van der Waals surface area contributed by atoms with E-state index in [1.54, 1.807) is 20.4 Å². The van der Waals surface area contributed by atoms with E-state index in [0.29, 0.717) is 35.1 Å². The maximum Gasteiger partial charge on any atom is 0.490 e. The number of aliphatic carboxylic acids is 1. The number of carboxylic acid groups (broad SMARTS) is 1. The summed E-state index contributed by atoms with van der Waals surface area (Å²) in [5, 5.41) is 11.2. The predicted octanol–water partition coefficient (Wildman–Crippen LogP) is 4.08. The smallest absolute Gasteiger partial charge is 0.490 e. The van der Waals surface area contributed by atoms with Crippen molar-refractivity contribution < 1.29 is 32.6 Å². The maximum atomic E-state index is 11.6. The van der Waals surface area contributed by atoms with Gasteiger partial charge in [-0.3, -0.25) is 4.79 Å². The van der Waals surface area contributed by atoms with Gasteiger partial charge in [0.25, 0.3) is 0 Å². The zero-order valence-corrected chi connectivity index (χ0v) is 20.5. The van der Waals surface area contributed by atoms with Gasteiger partial charge in [-0.25, -0.2) is 19.7 Å². The molecule has 1 aliphatic rings.